The molecule has 26 heavy (non-hydrogen) atoms. The Morgan fingerprint density at radius 1 is 1.12 bits per heavy atom. The molecule has 0 bridgehead atoms. The topological polar surface area (TPSA) is 70.6 Å². The Kier molecular flexibility index (Phi) is 6.50. The van der Waals surface area contributed by atoms with Gasteiger partial charge in [0.05, 0.1) is 6.61 Å². The van der Waals surface area contributed by atoms with Crippen molar-refractivity contribution in [3.63, 3.8) is 0 Å². The molecular formula is C21H28N2O3. The second-order valence-electron chi connectivity index (χ2n) is 7.36. The number of ether oxygens (including phenoxy) is 1. The van der Waals surface area contributed by atoms with Crippen molar-refractivity contribution < 1.29 is 14.6 Å². The number of nitrogens with one attached hydrogen (secondary N) is 2. The number of rotatable bonds is 6. The van der Waals surface area contributed by atoms with Crippen molar-refractivity contribution in [1.82, 2.24) is 5.32 Å². The van der Waals surface area contributed by atoms with Crippen LogP contribution in [0.15, 0.2) is 42.5 Å². The predicted molar refractivity (Wildman–Crippen MR) is 105 cm³/mol. The zero-order valence-electron chi connectivity index (χ0n) is 15.9. The summed E-state index contributed by atoms with van der Waals surface area (Å²) in [6.07, 6.45) is 0.711. The molecule has 0 aliphatic rings. The first-order valence-corrected chi connectivity index (χ1v) is 8.83. The Bertz CT molecular complexity index is 734. The normalized spacial score (nSPS) is 11.1. The summed E-state index contributed by atoms with van der Waals surface area (Å²) in [5.74, 6) is 1.02. The number of carbonyl (C=O) groups excluding carboxylic acids is 1. The predicted octanol–water partition coefficient (Wildman–Crippen LogP) is 4.59. The SMILES string of the molecule is Cc1cc(O)ccc1NC(=O)NCCCOc1ccc(C(C)(C)C)cc1. The molecule has 0 spiro atoms. The van der Waals surface area contributed by atoms with Crippen LogP contribution in [0, 0.1) is 6.92 Å². The van der Waals surface area contributed by atoms with Gasteiger partial charge in [0, 0.05) is 12.2 Å². The zero-order chi connectivity index (χ0) is 19.2. The lowest BCUT2D eigenvalue weighted by molar-refractivity contribution is 0.250. The fraction of sp³-hybridized carbons (Fsp3) is 0.381. The van der Waals surface area contributed by atoms with Gasteiger partial charge in [0.2, 0.25) is 0 Å². The molecule has 140 valence electrons. The third-order valence-corrected chi connectivity index (χ3v) is 4.05. The van der Waals surface area contributed by atoms with Crippen LogP contribution in [0.2, 0.25) is 0 Å². The van der Waals surface area contributed by atoms with Crippen molar-refractivity contribution in [2.45, 2.75) is 39.5 Å². The first-order chi connectivity index (χ1) is 12.3. The summed E-state index contributed by atoms with van der Waals surface area (Å²) in [4.78, 5) is 11.9. The maximum Gasteiger partial charge on any atom is 0.319 e. The second kappa shape index (κ2) is 8.61. The summed E-state index contributed by atoms with van der Waals surface area (Å²) in [6.45, 7) is 9.42. The standard InChI is InChI=1S/C21H28N2O3/c1-15-14-17(24)8-11-19(15)23-20(25)22-12-5-13-26-18-9-6-16(7-10-18)21(2,3)4/h6-11,14,24H,5,12-13H2,1-4H3,(H2,22,23,25). The molecule has 0 saturated heterocycles. The van der Waals surface area contributed by atoms with Gasteiger partial charge in [0.25, 0.3) is 0 Å². The number of aryl methyl sites for hydroxylation is 1. The Morgan fingerprint density at radius 2 is 1.81 bits per heavy atom. The molecule has 0 aliphatic carbocycles. The number of anilines is 1. The minimum Gasteiger partial charge on any atom is -0.508 e. The Hall–Kier alpha value is -2.69. The van der Waals surface area contributed by atoms with Crippen molar-refractivity contribution in [3.05, 3.63) is 53.6 Å². The van der Waals surface area contributed by atoms with E-state index in [1.54, 1.807) is 18.2 Å². The third kappa shape index (κ3) is 5.99. The van der Waals surface area contributed by atoms with Gasteiger partial charge in [-0.25, -0.2) is 4.79 Å². The van der Waals surface area contributed by atoms with Crippen LogP contribution < -0.4 is 15.4 Å². The number of hydrogen-bond acceptors (Lipinski definition) is 3. The highest BCUT2D eigenvalue weighted by atomic mass is 16.5. The molecule has 0 radical (unpaired) electrons. The van der Waals surface area contributed by atoms with Crippen LogP contribution in [0.5, 0.6) is 11.5 Å². The molecule has 0 unspecified atom stereocenters. The van der Waals surface area contributed by atoms with E-state index in [0.29, 0.717) is 25.3 Å². The van der Waals surface area contributed by atoms with Crippen LogP contribution in [0.3, 0.4) is 0 Å². The van der Waals surface area contributed by atoms with Crippen LogP contribution in [0.25, 0.3) is 0 Å². The van der Waals surface area contributed by atoms with Gasteiger partial charge in [-0.1, -0.05) is 32.9 Å². The third-order valence-electron chi connectivity index (χ3n) is 4.05. The number of hydrogen-bond donors (Lipinski definition) is 3. The van der Waals surface area contributed by atoms with Crippen molar-refractivity contribution in [2.75, 3.05) is 18.5 Å². The largest absolute Gasteiger partial charge is 0.508 e. The average Bonchev–Trinajstić information content (AvgIpc) is 2.57. The molecule has 0 saturated carbocycles. The van der Waals surface area contributed by atoms with Gasteiger partial charge >= 0.3 is 6.03 Å². The molecule has 2 aromatic rings. The van der Waals surface area contributed by atoms with Crippen molar-refractivity contribution in [2.24, 2.45) is 0 Å². The van der Waals surface area contributed by atoms with E-state index >= 15 is 0 Å². The summed E-state index contributed by atoms with van der Waals surface area (Å²) in [5.41, 5.74) is 2.89. The minimum absolute atomic E-state index is 0.131. The fourth-order valence-corrected chi connectivity index (χ4v) is 2.47. The Balaban J connectivity index is 1.68. The maximum atomic E-state index is 11.9. The molecule has 0 atom stereocenters. The van der Waals surface area contributed by atoms with E-state index in [1.165, 1.54) is 5.56 Å². The van der Waals surface area contributed by atoms with E-state index in [4.69, 9.17) is 4.74 Å². The first-order valence-electron chi connectivity index (χ1n) is 8.83. The molecule has 0 fully saturated rings. The fourth-order valence-electron chi connectivity index (χ4n) is 2.47. The van der Waals surface area contributed by atoms with Crippen molar-refractivity contribution in [1.29, 1.82) is 0 Å². The maximum absolute atomic E-state index is 11.9. The summed E-state index contributed by atoms with van der Waals surface area (Å²) in [5, 5.41) is 14.9. The van der Waals surface area contributed by atoms with Gasteiger partial charge in [0.1, 0.15) is 11.5 Å². The number of amides is 2. The van der Waals surface area contributed by atoms with Crippen LogP contribution in [-0.2, 0) is 5.41 Å². The van der Waals surface area contributed by atoms with Crippen molar-refractivity contribution in [3.8, 4) is 11.5 Å². The molecule has 3 N–H and O–H groups in total. The number of benzene rings is 2. The van der Waals surface area contributed by atoms with Gasteiger partial charge in [-0.3, -0.25) is 0 Å². The van der Waals surface area contributed by atoms with Gasteiger partial charge in [-0.05, 0) is 60.2 Å². The van der Waals surface area contributed by atoms with Gasteiger partial charge in [-0.15, -0.1) is 0 Å². The number of aromatic hydroxyl groups is 1. The summed E-state index contributed by atoms with van der Waals surface area (Å²) >= 11 is 0. The number of urea groups is 1. The van der Waals surface area contributed by atoms with Crippen LogP contribution in [-0.4, -0.2) is 24.3 Å². The van der Waals surface area contributed by atoms with E-state index < -0.39 is 0 Å². The summed E-state index contributed by atoms with van der Waals surface area (Å²) in [7, 11) is 0. The molecule has 2 amide bonds. The summed E-state index contributed by atoms with van der Waals surface area (Å²) in [6, 6.07) is 12.7. The molecule has 2 aromatic carbocycles. The quantitative estimate of drug-likeness (QED) is 0.524. The highest BCUT2D eigenvalue weighted by Crippen LogP contribution is 2.24. The molecule has 0 heterocycles. The summed E-state index contributed by atoms with van der Waals surface area (Å²) < 4.78 is 5.71. The molecule has 0 aliphatic heterocycles. The van der Waals surface area contributed by atoms with Crippen LogP contribution >= 0.6 is 0 Å². The van der Waals surface area contributed by atoms with Crippen LogP contribution in [0.4, 0.5) is 10.5 Å². The van der Waals surface area contributed by atoms with Crippen LogP contribution in [0.1, 0.15) is 38.3 Å². The van der Waals surface area contributed by atoms with Gasteiger partial charge < -0.3 is 20.5 Å². The van der Waals surface area contributed by atoms with E-state index in [-0.39, 0.29) is 17.2 Å². The Labute approximate surface area is 155 Å². The highest BCUT2D eigenvalue weighted by molar-refractivity contribution is 5.90. The van der Waals surface area contributed by atoms with E-state index in [0.717, 1.165) is 11.3 Å². The van der Waals surface area contributed by atoms with Crippen molar-refractivity contribution >= 4 is 11.7 Å². The number of carbonyl (C=O) groups is 1. The monoisotopic (exact) mass is 356 g/mol. The minimum atomic E-state index is -0.270. The molecule has 0 aromatic heterocycles. The van der Waals surface area contributed by atoms with Gasteiger partial charge in [-0.2, -0.15) is 0 Å². The number of phenols is 1. The molecule has 5 heteroatoms. The molecule has 2 rings (SSSR count). The first kappa shape index (κ1) is 19.6. The average molecular weight is 356 g/mol. The van der Waals surface area contributed by atoms with E-state index in [2.05, 4.69) is 43.5 Å². The number of phenolic OH excluding ortho intramolecular Hbond substituents is 1. The lowest BCUT2D eigenvalue weighted by Gasteiger charge is -2.19. The second-order valence-corrected chi connectivity index (χ2v) is 7.36. The van der Waals surface area contributed by atoms with E-state index in [9.17, 15) is 9.90 Å². The smallest absolute Gasteiger partial charge is 0.319 e. The Morgan fingerprint density at radius 3 is 2.42 bits per heavy atom. The zero-order valence-corrected chi connectivity index (χ0v) is 15.9. The molecular weight excluding hydrogens is 328 g/mol. The lowest BCUT2D eigenvalue weighted by atomic mass is 9.87. The lowest BCUT2D eigenvalue weighted by Crippen LogP contribution is -2.30. The molecule has 5 nitrogen and oxygen atoms in total. The highest BCUT2D eigenvalue weighted by Gasteiger charge is 2.12. The van der Waals surface area contributed by atoms with Gasteiger partial charge in [0.15, 0.2) is 0 Å². The van der Waals surface area contributed by atoms with E-state index in [1.807, 2.05) is 19.1 Å².